The van der Waals surface area contributed by atoms with E-state index < -0.39 is 0 Å². The molecule has 3 heterocycles. The van der Waals surface area contributed by atoms with Crippen molar-refractivity contribution in [1.82, 2.24) is 20.1 Å². The topological polar surface area (TPSA) is 46.0 Å². The molecule has 0 bridgehead atoms. The number of nitrogens with one attached hydrogen (secondary N) is 1. The van der Waals surface area contributed by atoms with Gasteiger partial charge in [0.1, 0.15) is 0 Å². The molecule has 5 rings (SSSR count). The van der Waals surface area contributed by atoms with Crippen LogP contribution in [0.25, 0.3) is 32.2 Å². The molecule has 0 saturated carbocycles. The van der Waals surface area contributed by atoms with Crippen molar-refractivity contribution in [3.63, 3.8) is 0 Å². The summed E-state index contributed by atoms with van der Waals surface area (Å²) in [5, 5.41) is 10.4. The zero-order valence-electron chi connectivity index (χ0n) is 17.8. The molecule has 0 amide bonds. The van der Waals surface area contributed by atoms with E-state index in [1.54, 1.807) is 11.3 Å². The average molecular weight is 442 g/mol. The Labute approximate surface area is 187 Å². The van der Waals surface area contributed by atoms with Gasteiger partial charge in [0.05, 0.1) is 15.7 Å². The van der Waals surface area contributed by atoms with Gasteiger partial charge in [-0.15, -0.1) is 12.4 Å². The number of rotatable bonds is 3. The van der Waals surface area contributed by atoms with Crippen LogP contribution >= 0.6 is 23.7 Å². The van der Waals surface area contributed by atoms with Crippen molar-refractivity contribution in [2.45, 2.75) is 38.3 Å². The Morgan fingerprint density at radius 3 is 2.63 bits per heavy atom. The van der Waals surface area contributed by atoms with Crippen LogP contribution in [0.3, 0.4) is 0 Å². The van der Waals surface area contributed by atoms with Crippen molar-refractivity contribution in [3.05, 3.63) is 42.6 Å². The molecule has 5 nitrogen and oxygen atoms in total. The molecule has 0 radical (unpaired) electrons. The molecule has 1 N–H and O–H groups in total. The van der Waals surface area contributed by atoms with E-state index in [1.807, 2.05) is 11.7 Å². The molecule has 0 spiro atoms. The number of aromatic nitrogens is 3. The Kier molecular flexibility index (Phi) is 5.51. The zero-order chi connectivity index (χ0) is 20.2. The molecule has 2 aromatic carbocycles. The van der Waals surface area contributed by atoms with Crippen LogP contribution in [-0.2, 0) is 7.05 Å². The highest BCUT2D eigenvalue weighted by Crippen LogP contribution is 2.35. The lowest BCUT2D eigenvalue weighted by Crippen LogP contribution is -2.52. The van der Waals surface area contributed by atoms with Crippen LogP contribution in [0.4, 0.5) is 5.13 Å². The van der Waals surface area contributed by atoms with Gasteiger partial charge in [-0.3, -0.25) is 4.68 Å². The van der Waals surface area contributed by atoms with E-state index >= 15 is 0 Å². The SMILES string of the molecule is CN(c1nc2ccc(-c3ccc4nn(C)cc4c3)cc2s1)C1CCNC(C)(C)C1.Cl. The van der Waals surface area contributed by atoms with Gasteiger partial charge in [0.25, 0.3) is 0 Å². The minimum Gasteiger partial charge on any atom is -0.348 e. The summed E-state index contributed by atoms with van der Waals surface area (Å²) in [4.78, 5) is 7.32. The summed E-state index contributed by atoms with van der Waals surface area (Å²) in [5.41, 5.74) is 4.74. The number of nitrogens with zero attached hydrogens (tertiary/aromatic N) is 4. The van der Waals surface area contributed by atoms with Crippen LogP contribution in [-0.4, -0.2) is 39.9 Å². The molecule has 0 aliphatic carbocycles. The number of halogens is 1. The Hall–Kier alpha value is -2.15. The van der Waals surface area contributed by atoms with E-state index in [-0.39, 0.29) is 17.9 Å². The molecule has 2 aromatic heterocycles. The van der Waals surface area contributed by atoms with Crippen molar-refractivity contribution in [3.8, 4) is 11.1 Å². The molecule has 1 atom stereocenters. The number of hydrogen-bond donors (Lipinski definition) is 1. The van der Waals surface area contributed by atoms with Gasteiger partial charge in [0.15, 0.2) is 5.13 Å². The van der Waals surface area contributed by atoms with E-state index in [9.17, 15) is 0 Å². The molecular formula is C23H28ClN5S. The molecule has 4 aromatic rings. The second-order valence-electron chi connectivity index (χ2n) is 8.82. The highest BCUT2D eigenvalue weighted by atomic mass is 35.5. The number of benzene rings is 2. The highest BCUT2D eigenvalue weighted by molar-refractivity contribution is 7.22. The first-order valence-electron chi connectivity index (χ1n) is 10.2. The lowest BCUT2D eigenvalue weighted by Gasteiger charge is -2.40. The highest BCUT2D eigenvalue weighted by Gasteiger charge is 2.30. The first-order chi connectivity index (χ1) is 13.9. The van der Waals surface area contributed by atoms with Crippen molar-refractivity contribution < 1.29 is 0 Å². The van der Waals surface area contributed by atoms with E-state index in [0.29, 0.717) is 6.04 Å². The minimum atomic E-state index is 0. The summed E-state index contributed by atoms with van der Waals surface area (Å²) in [6.07, 6.45) is 4.36. The van der Waals surface area contributed by atoms with E-state index in [2.05, 4.69) is 78.8 Å². The summed E-state index contributed by atoms with van der Waals surface area (Å²) >= 11 is 1.79. The molecule has 7 heteroatoms. The zero-order valence-corrected chi connectivity index (χ0v) is 19.5. The van der Waals surface area contributed by atoms with E-state index in [1.165, 1.54) is 21.2 Å². The smallest absolute Gasteiger partial charge is 0.186 e. The third kappa shape index (κ3) is 3.92. The quantitative estimate of drug-likeness (QED) is 0.472. The van der Waals surface area contributed by atoms with Crippen molar-refractivity contribution in [1.29, 1.82) is 0 Å². The van der Waals surface area contributed by atoms with Gasteiger partial charge < -0.3 is 10.2 Å². The molecule has 30 heavy (non-hydrogen) atoms. The predicted molar refractivity (Wildman–Crippen MR) is 130 cm³/mol. The van der Waals surface area contributed by atoms with Crippen molar-refractivity contribution >= 4 is 50.0 Å². The van der Waals surface area contributed by atoms with E-state index in [4.69, 9.17) is 4.98 Å². The Balaban J connectivity index is 0.00000218. The third-order valence-electron chi connectivity index (χ3n) is 6.01. The Morgan fingerprint density at radius 1 is 1.13 bits per heavy atom. The maximum Gasteiger partial charge on any atom is 0.186 e. The standard InChI is InChI=1S/C23H27N5S.ClH/c1-23(2)13-18(9-10-24-23)28(4)22-25-20-8-6-16(12-21(20)29-22)15-5-7-19-17(11-15)14-27(3)26-19;/h5-8,11-12,14,18,24H,9-10,13H2,1-4H3;1H. The predicted octanol–water partition coefficient (Wildman–Crippen LogP) is 5.24. The maximum absolute atomic E-state index is 4.93. The van der Waals surface area contributed by atoms with Crippen LogP contribution in [0.2, 0.25) is 0 Å². The van der Waals surface area contributed by atoms with Crippen LogP contribution < -0.4 is 10.2 Å². The van der Waals surface area contributed by atoms with Crippen LogP contribution in [0.1, 0.15) is 26.7 Å². The van der Waals surface area contributed by atoms with Gasteiger partial charge in [-0.25, -0.2) is 4.98 Å². The van der Waals surface area contributed by atoms with Gasteiger partial charge in [-0.05, 0) is 68.6 Å². The number of aryl methyl sites for hydroxylation is 1. The number of piperidine rings is 1. The van der Waals surface area contributed by atoms with Gasteiger partial charge in [-0.2, -0.15) is 5.10 Å². The first-order valence-corrected chi connectivity index (χ1v) is 11.0. The first kappa shape index (κ1) is 21.1. The maximum atomic E-state index is 4.93. The normalized spacial score (nSPS) is 18.5. The fraction of sp³-hybridized carbons (Fsp3) is 0.391. The molecule has 1 fully saturated rings. The second-order valence-corrected chi connectivity index (χ2v) is 9.83. The second kappa shape index (κ2) is 7.84. The fourth-order valence-electron chi connectivity index (χ4n) is 4.40. The lowest BCUT2D eigenvalue weighted by atomic mass is 9.89. The fourth-order valence-corrected chi connectivity index (χ4v) is 5.44. The number of thiazole rings is 1. The summed E-state index contributed by atoms with van der Waals surface area (Å²) in [6, 6.07) is 13.6. The average Bonchev–Trinajstić information content (AvgIpc) is 3.27. The lowest BCUT2D eigenvalue weighted by molar-refractivity contribution is 0.271. The summed E-state index contributed by atoms with van der Waals surface area (Å²) in [5.74, 6) is 0. The molecule has 1 aliphatic rings. The van der Waals surface area contributed by atoms with Gasteiger partial charge in [0, 0.05) is 37.3 Å². The Bertz CT molecular complexity index is 1190. The number of hydrogen-bond acceptors (Lipinski definition) is 5. The molecule has 158 valence electrons. The van der Waals surface area contributed by atoms with Crippen LogP contribution in [0, 0.1) is 0 Å². The van der Waals surface area contributed by atoms with E-state index in [0.717, 1.165) is 35.6 Å². The number of fused-ring (bicyclic) bond motifs is 2. The summed E-state index contributed by atoms with van der Waals surface area (Å²) in [6.45, 7) is 5.64. The summed E-state index contributed by atoms with van der Waals surface area (Å²) < 4.78 is 3.11. The van der Waals surface area contributed by atoms with Crippen molar-refractivity contribution in [2.75, 3.05) is 18.5 Å². The van der Waals surface area contributed by atoms with Crippen LogP contribution in [0.5, 0.6) is 0 Å². The van der Waals surface area contributed by atoms with Crippen molar-refractivity contribution in [2.24, 2.45) is 7.05 Å². The molecule has 1 aliphatic heterocycles. The molecule has 1 unspecified atom stereocenters. The summed E-state index contributed by atoms with van der Waals surface area (Å²) in [7, 11) is 4.16. The third-order valence-corrected chi connectivity index (χ3v) is 7.11. The minimum absolute atomic E-state index is 0. The van der Waals surface area contributed by atoms with Crippen LogP contribution in [0.15, 0.2) is 42.6 Å². The number of anilines is 1. The largest absolute Gasteiger partial charge is 0.348 e. The Morgan fingerprint density at radius 2 is 1.87 bits per heavy atom. The monoisotopic (exact) mass is 441 g/mol. The van der Waals surface area contributed by atoms with Gasteiger partial charge >= 0.3 is 0 Å². The molecule has 1 saturated heterocycles. The van der Waals surface area contributed by atoms with Gasteiger partial charge in [0.2, 0.25) is 0 Å². The molecular weight excluding hydrogens is 414 g/mol. The van der Waals surface area contributed by atoms with Gasteiger partial charge in [-0.1, -0.05) is 23.5 Å².